The van der Waals surface area contributed by atoms with Crippen LogP contribution in [0.2, 0.25) is 5.02 Å². The average Bonchev–Trinajstić information content (AvgIpc) is 2.79. The minimum absolute atomic E-state index is 0.0600. The number of anilines is 3. The summed E-state index contributed by atoms with van der Waals surface area (Å²) in [5.41, 5.74) is 1.14. The van der Waals surface area contributed by atoms with Crippen LogP contribution in [0.5, 0.6) is 5.88 Å². The summed E-state index contributed by atoms with van der Waals surface area (Å²) in [6.45, 7) is 0. The van der Waals surface area contributed by atoms with Gasteiger partial charge in [0, 0.05) is 5.69 Å². The fourth-order valence-electron chi connectivity index (χ4n) is 1.33. The smallest absolute Gasteiger partial charge is 0.239 e. The molecule has 0 spiro atoms. The summed E-state index contributed by atoms with van der Waals surface area (Å²) in [5.74, 6) is -0.483. The van der Waals surface area contributed by atoms with Gasteiger partial charge in [-0.3, -0.25) is 4.79 Å². The number of nitrogens with zero attached hydrogens (tertiary/aromatic N) is 1. The zero-order valence-corrected chi connectivity index (χ0v) is 11.8. The molecule has 0 saturated heterocycles. The highest BCUT2D eigenvalue weighted by Gasteiger charge is 2.07. The third-order valence-electron chi connectivity index (χ3n) is 2.11. The molecule has 1 amide bonds. The van der Waals surface area contributed by atoms with Gasteiger partial charge in [-0.25, -0.2) is 0 Å². The summed E-state index contributed by atoms with van der Waals surface area (Å²) < 4.78 is 0. The molecule has 0 aliphatic carbocycles. The van der Waals surface area contributed by atoms with Crippen molar-refractivity contribution in [1.29, 1.82) is 0 Å². The second-order valence-electron chi connectivity index (χ2n) is 3.51. The first-order valence-electron chi connectivity index (χ1n) is 5.15. The van der Waals surface area contributed by atoms with Crippen LogP contribution in [-0.2, 0) is 4.79 Å². The molecule has 0 atom stereocenters. The van der Waals surface area contributed by atoms with Gasteiger partial charge in [0.2, 0.25) is 11.8 Å². The van der Waals surface area contributed by atoms with E-state index in [2.05, 4.69) is 15.6 Å². The van der Waals surface area contributed by atoms with Crippen LogP contribution >= 0.6 is 34.5 Å². The summed E-state index contributed by atoms with van der Waals surface area (Å²) in [6, 6.07) is 4.96. The van der Waals surface area contributed by atoms with Crippen LogP contribution in [0, 0.1) is 0 Å². The van der Waals surface area contributed by atoms with E-state index in [1.165, 1.54) is 16.7 Å². The van der Waals surface area contributed by atoms with Gasteiger partial charge in [-0.05, 0) is 18.2 Å². The number of aromatic nitrogens is 1. The molecular formula is C11H9Cl2N3O2S. The number of hydrogen-bond donors (Lipinski definition) is 3. The maximum atomic E-state index is 11.2. The molecule has 2 aromatic rings. The molecule has 2 rings (SSSR count). The minimum atomic E-state index is -0.304. The first-order chi connectivity index (χ1) is 9.08. The van der Waals surface area contributed by atoms with Crippen molar-refractivity contribution in [3.8, 4) is 5.88 Å². The number of hydrogen-bond acceptors (Lipinski definition) is 5. The molecule has 0 saturated carbocycles. The van der Waals surface area contributed by atoms with Gasteiger partial charge < -0.3 is 15.7 Å². The van der Waals surface area contributed by atoms with E-state index in [1.807, 2.05) is 0 Å². The molecule has 1 aromatic carbocycles. The number of nitrogens with one attached hydrogen (secondary N) is 2. The molecule has 1 aromatic heterocycles. The monoisotopic (exact) mass is 317 g/mol. The zero-order chi connectivity index (χ0) is 13.8. The van der Waals surface area contributed by atoms with E-state index in [4.69, 9.17) is 28.3 Å². The molecule has 0 fully saturated rings. The van der Waals surface area contributed by atoms with Crippen molar-refractivity contribution in [3.63, 3.8) is 0 Å². The lowest BCUT2D eigenvalue weighted by molar-refractivity contribution is -0.113. The fourth-order valence-corrected chi connectivity index (χ4v) is 2.15. The van der Waals surface area contributed by atoms with Crippen molar-refractivity contribution in [2.24, 2.45) is 0 Å². The molecule has 0 aliphatic rings. The summed E-state index contributed by atoms with van der Waals surface area (Å²) in [4.78, 5) is 15.0. The van der Waals surface area contributed by atoms with Crippen molar-refractivity contribution in [2.45, 2.75) is 0 Å². The number of carbonyl (C=O) groups excluding carboxylic acids is 1. The van der Waals surface area contributed by atoms with E-state index >= 15 is 0 Å². The van der Waals surface area contributed by atoms with Gasteiger partial charge in [0.25, 0.3) is 0 Å². The highest BCUT2D eigenvalue weighted by molar-refractivity contribution is 7.14. The molecular weight excluding hydrogens is 309 g/mol. The normalized spacial score (nSPS) is 10.2. The Balaban J connectivity index is 2.19. The molecule has 8 heteroatoms. The van der Waals surface area contributed by atoms with E-state index in [0.717, 1.165) is 0 Å². The Morgan fingerprint density at radius 2 is 2.26 bits per heavy atom. The molecule has 5 nitrogen and oxygen atoms in total. The Hall–Kier alpha value is -1.50. The van der Waals surface area contributed by atoms with Crippen molar-refractivity contribution < 1.29 is 9.90 Å². The van der Waals surface area contributed by atoms with Crippen LogP contribution < -0.4 is 10.6 Å². The maximum absolute atomic E-state index is 11.2. The summed E-state index contributed by atoms with van der Waals surface area (Å²) >= 11 is 12.7. The van der Waals surface area contributed by atoms with Crippen LogP contribution in [-0.4, -0.2) is 21.9 Å². The Labute approximate surface area is 123 Å². The lowest BCUT2D eigenvalue weighted by atomic mass is 10.2. The zero-order valence-electron chi connectivity index (χ0n) is 9.48. The van der Waals surface area contributed by atoms with E-state index in [9.17, 15) is 4.79 Å². The Kier molecular flexibility index (Phi) is 4.47. The van der Waals surface area contributed by atoms with Gasteiger partial charge in [-0.2, -0.15) is 4.98 Å². The number of halogens is 2. The lowest BCUT2D eigenvalue weighted by Crippen LogP contribution is -2.12. The minimum Gasteiger partial charge on any atom is -0.493 e. The Bertz CT molecular complexity index is 603. The van der Waals surface area contributed by atoms with E-state index in [-0.39, 0.29) is 17.7 Å². The first-order valence-corrected chi connectivity index (χ1v) is 6.94. The van der Waals surface area contributed by atoms with Crippen LogP contribution in [0.25, 0.3) is 0 Å². The van der Waals surface area contributed by atoms with Crippen molar-refractivity contribution in [1.82, 2.24) is 4.98 Å². The molecule has 0 radical (unpaired) electrons. The molecule has 0 unspecified atom stereocenters. The number of carbonyl (C=O) groups is 1. The predicted molar refractivity (Wildman–Crippen MR) is 77.9 cm³/mol. The van der Waals surface area contributed by atoms with Gasteiger partial charge in [0.1, 0.15) is 5.88 Å². The highest BCUT2D eigenvalue weighted by Crippen LogP contribution is 2.30. The van der Waals surface area contributed by atoms with Crippen LogP contribution in [0.15, 0.2) is 23.6 Å². The topological polar surface area (TPSA) is 74.2 Å². The van der Waals surface area contributed by atoms with E-state index < -0.39 is 0 Å². The standard InChI is InChI=1S/C11H9Cl2N3O2S/c12-4-9(17)14-6-1-2-7(13)8(3-6)15-11-16-10(18)5-19-11/h1-3,5,18H,4H2,(H,14,17)(H,15,16). The SMILES string of the molecule is O=C(CCl)Nc1ccc(Cl)c(Nc2nc(O)cs2)c1. The van der Waals surface area contributed by atoms with Gasteiger partial charge in [-0.1, -0.05) is 11.6 Å². The molecule has 1 heterocycles. The second-order valence-corrected chi connectivity index (χ2v) is 5.04. The Morgan fingerprint density at radius 1 is 1.47 bits per heavy atom. The molecule has 19 heavy (non-hydrogen) atoms. The number of amides is 1. The van der Waals surface area contributed by atoms with Crippen molar-refractivity contribution in [2.75, 3.05) is 16.5 Å². The van der Waals surface area contributed by atoms with Crippen molar-refractivity contribution >= 4 is 57.0 Å². The van der Waals surface area contributed by atoms with Gasteiger partial charge in [0.05, 0.1) is 16.1 Å². The number of alkyl halides is 1. The number of rotatable bonds is 4. The first kappa shape index (κ1) is 13.9. The summed E-state index contributed by atoms with van der Waals surface area (Å²) in [5, 5.41) is 17.2. The van der Waals surface area contributed by atoms with E-state index in [1.54, 1.807) is 18.2 Å². The van der Waals surface area contributed by atoms with Crippen molar-refractivity contribution in [3.05, 3.63) is 28.6 Å². The molecule has 0 bridgehead atoms. The predicted octanol–water partition coefficient (Wildman–Crippen LogP) is 3.42. The van der Waals surface area contributed by atoms with Crippen LogP contribution in [0.3, 0.4) is 0 Å². The largest absolute Gasteiger partial charge is 0.493 e. The van der Waals surface area contributed by atoms with E-state index in [0.29, 0.717) is 21.5 Å². The lowest BCUT2D eigenvalue weighted by Gasteiger charge is -2.09. The maximum Gasteiger partial charge on any atom is 0.239 e. The summed E-state index contributed by atoms with van der Waals surface area (Å²) in [7, 11) is 0. The third kappa shape index (κ3) is 3.73. The van der Waals surface area contributed by atoms with Gasteiger partial charge >= 0.3 is 0 Å². The quantitative estimate of drug-likeness (QED) is 0.755. The number of benzene rings is 1. The molecule has 3 N–H and O–H groups in total. The highest BCUT2D eigenvalue weighted by atomic mass is 35.5. The molecule has 0 aliphatic heterocycles. The van der Waals surface area contributed by atoms with Gasteiger partial charge in [-0.15, -0.1) is 22.9 Å². The number of aromatic hydroxyl groups is 1. The second kappa shape index (κ2) is 6.10. The summed E-state index contributed by atoms with van der Waals surface area (Å²) in [6.07, 6.45) is 0. The average molecular weight is 318 g/mol. The van der Waals surface area contributed by atoms with Crippen LogP contribution in [0.1, 0.15) is 0 Å². The fraction of sp³-hybridized carbons (Fsp3) is 0.0909. The Morgan fingerprint density at radius 3 is 2.89 bits per heavy atom. The number of thiazole rings is 1. The van der Waals surface area contributed by atoms with Crippen LogP contribution in [0.4, 0.5) is 16.5 Å². The molecule has 100 valence electrons. The third-order valence-corrected chi connectivity index (χ3v) is 3.42. The van der Waals surface area contributed by atoms with Gasteiger partial charge in [0.15, 0.2) is 5.13 Å².